The second kappa shape index (κ2) is 4.55. The first-order chi connectivity index (χ1) is 7.59. The Morgan fingerprint density at radius 1 is 1.62 bits per heavy atom. The average Bonchev–Trinajstić information content (AvgIpc) is 2.56. The topological polar surface area (TPSA) is 39.1 Å². The number of aryl methyl sites for hydroxylation is 2. The average molecular weight is 223 g/mol. The van der Waals surface area contributed by atoms with Crippen molar-refractivity contribution >= 4 is 0 Å². The molecule has 16 heavy (non-hydrogen) atoms. The molecule has 1 N–H and O–H groups in total. The summed E-state index contributed by atoms with van der Waals surface area (Å²) < 4.78 is 7.93. The molecule has 0 saturated carbocycles. The standard InChI is InChI=1S/C12H21N3O/c1-10-7-11(15(3)14-10)8-16-12(2)5-4-6-13-9-12/h7,13H,4-6,8-9H2,1-3H3. The van der Waals surface area contributed by atoms with E-state index in [4.69, 9.17) is 4.74 Å². The van der Waals surface area contributed by atoms with Crippen LogP contribution < -0.4 is 5.32 Å². The van der Waals surface area contributed by atoms with Gasteiger partial charge < -0.3 is 10.1 Å². The lowest BCUT2D eigenvalue weighted by atomic mass is 9.96. The van der Waals surface area contributed by atoms with Gasteiger partial charge in [0.25, 0.3) is 0 Å². The molecule has 0 aliphatic carbocycles. The number of piperidine rings is 1. The summed E-state index contributed by atoms with van der Waals surface area (Å²) in [5.41, 5.74) is 2.17. The van der Waals surface area contributed by atoms with Crippen LogP contribution in [-0.4, -0.2) is 28.5 Å². The molecule has 0 bridgehead atoms. The minimum atomic E-state index is -0.0174. The Morgan fingerprint density at radius 2 is 2.44 bits per heavy atom. The minimum absolute atomic E-state index is 0.0174. The summed E-state index contributed by atoms with van der Waals surface area (Å²) in [5, 5.41) is 7.70. The summed E-state index contributed by atoms with van der Waals surface area (Å²) in [6, 6.07) is 2.08. The molecule has 1 fully saturated rings. The monoisotopic (exact) mass is 223 g/mol. The van der Waals surface area contributed by atoms with Crippen LogP contribution in [0, 0.1) is 6.92 Å². The van der Waals surface area contributed by atoms with Crippen molar-refractivity contribution in [2.45, 2.75) is 38.9 Å². The summed E-state index contributed by atoms with van der Waals surface area (Å²) in [6.07, 6.45) is 2.33. The van der Waals surface area contributed by atoms with Crippen molar-refractivity contribution in [3.8, 4) is 0 Å². The summed E-state index contributed by atoms with van der Waals surface area (Å²) in [4.78, 5) is 0. The first kappa shape index (κ1) is 11.6. The normalized spacial score (nSPS) is 25.9. The van der Waals surface area contributed by atoms with Crippen molar-refractivity contribution in [3.63, 3.8) is 0 Å². The minimum Gasteiger partial charge on any atom is -0.368 e. The van der Waals surface area contributed by atoms with E-state index in [0.717, 1.165) is 30.9 Å². The van der Waals surface area contributed by atoms with Crippen molar-refractivity contribution in [1.29, 1.82) is 0 Å². The van der Waals surface area contributed by atoms with Gasteiger partial charge in [0.2, 0.25) is 0 Å². The zero-order chi connectivity index (χ0) is 11.6. The molecule has 4 nitrogen and oxygen atoms in total. The highest BCUT2D eigenvalue weighted by Gasteiger charge is 2.27. The van der Waals surface area contributed by atoms with Gasteiger partial charge in [-0.15, -0.1) is 0 Å². The van der Waals surface area contributed by atoms with Crippen LogP contribution in [0.15, 0.2) is 6.07 Å². The number of ether oxygens (including phenoxy) is 1. The Kier molecular flexibility index (Phi) is 3.30. The summed E-state index contributed by atoms with van der Waals surface area (Å²) in [5.74, 6) is 0. The maximum atomic E-state index is 6.03. The maximum absolute atomic E-state index is 6.03. The third-order valence-electron chi connectivity index (χ3n) is 3.23. The van der Waals surface area contributed by atoms with Gasteiger partial charge in [-0.1, -0.05) is 0 Å². The summed E-state index contributed by atoms with van der Waals surface area (Å²) >= 11 is 0. The third kappa shape index (κ3) is 2.62. The Hall–Kier alpha value is -0.870. The van der Waals surface area contributed by atoms with E-state index in [0.29, 0.717) is 6.61 Å². The van der Waals surface area contributed by atoms with Crippen molar-refractivity contribution in [2.24, 2.45) is 7.05 Å². The lowest BCUT2D eigenvalue weighted by Gasteiger charge is -2.34. The van der Waals surface area contributed by atoms with E-state index >= 15 is 0 Å². The molecule has 1 aliphatic heterocycles. The first-order valence-electron chi connectivity index (χ1n) is 5.93. The van der Waals surface area contributed by atoms with E-state index < -0.39 is 0 Å². The molecule has 1 aliphatic rings. The van der Waals surface area contributed by atoms with E-state index in [-0.39, 0.29) is 5.60 Å². The molecule has 2 rings (SSSR count). The SMILES string of the molecule is Cc1cc(COC2(C)CCCNC2)n(C)n1. The van der Waals surface area contributed by atoms with E-state index in [1.165, 1.54) is 6.42 Å². The van der Waals surface area contributed by atoms with Crippen molar-refractivity contribution in [2.75, 3.05) is 13.1 Å². The zero-order valence-electron chi connectivity index (χ0n) is 10.4. The number of rotatable bonds is 3. The third-order valence-corrected chi connectivity index (χ3v) is 3.23. The Labute approximate surface area is 97.0 Å². The number of hydrogen-bond acceptors (Lipinski definition) is 3. The highest BCUT2D eigenvalue weighted by Crippen LogP contribution is 2.21. The van der Waals surface area contributed by atoms with Crippen molar-refractivity contribution < 1.29 is 4.74 Å². The van der Waals surface area contributed by atoms with E-state index in [1.54, 1.807) is 0 Å². The molecule has 0 aromatic carbocycles. The Morgan fingerprint density at radius 3 is 3.00 bits per heavy atom. The second-order valence-electron chi connectivity index (χ2n) is 4.92. The van der Waals surface area contributed by atoms with Gasteiger partial charge >= 0.3 is 0 Å². The van der Waals surface area contributed by atoms with Gasteiger partial charge in [0.05, 0.1) is 23.6 Å². The highest BCUT2D eigenvalue weighted by molar-refractivity contribution is 5.07. The summed E-state index contributed by atoms with van der Waals surface area (Å²) in [7, 11) is 1.97. The Balaban J connectivity index is 1.93. The number of nitrogens with zero attached hydrogens (tertiary/aromatic N) is 2. The molecule has 1 aromatic heterocycles. The predicted molar refractivity (Wildman–Crippen MR) is 63.2 cm³/mol. The molecular formula is C12H21N3O. The fourth-order valence-corrected chi connectivity index (χ4v) is 2.20. The van der Waals surface area contributed by atoms with E-state index in [1.807, 2.05) is 18.7 Å². The molecule has 1 unspecified atom stereocenters. The van der Waals surface area contributed by atoms with Crippen LogP contribution in [0.3, 0.4) is 0 Å². The molecule has 0 spiro atoms. The molecular weight excluding hydrogens is 202 g/mol. The van der Waals surface area contributed by atoms with Crippen LogP contribution in [0.1, 0.15) is 31.2 Å². The van der Waals surface area contributed by atoms with Crippen LogP contribution >= 0.6 is 0 Å². The van der Waals surface area contributed by atoms with Crippen LogP contribution in [0.2, 0.25) is 0 Å². The number of nitrogens with one attached hydrogen (secondary N) is 1. The highest BCUT2D eigenvalue weighted by atomic mass is 16.5. The second-order valence-corrected chi connectivity index (χ2v) is 4.92. The first-order valence-corrected chi connectivity index (χ1v) is 5.93. The fourth-order valence-electron chi connectivity index (χ4n) is 2.20. The number of hydrogen-bond donors (Lipinski definition) is 1. The van der Waals surface area contributed by atoms with Gasteiger partial charge in [0, 0.05) is 13.6 Å². The van der Waals surface area contributed by atoms with E-state index in [9.17, 15) is 0 Å². The van der Waals surface area contributed by atoms with E-state index in [2.05, 4.69) is 23.4 Å². The number of aromatic nitrogens is 2. The van der Waals surface area contributed by atoms with Gasteiger partial charge in [-0.05, 0) is 39.3 Å². The largest absolute Gasteiger partial charge is 0.368 e. The van der Waals surface area contributed by atoms with Gasteiger partial charge in [-0.2, -0.15) is 5.10 Å². The fraction of sp³-hybridized carbons (Fsp3) is 0.750. The molecule has 90 valence electrons. The smallest absolute Gasteiger partial charge is 0.0892 e. The zero-order valence-corrected chi connectivity index (χ0v) is 10.4. The maximum Gasteiger partial charge on any atom is 0.0892 e. The van der Waals surface area contributed by atoms with Crippen molar-refractivity contribution in [3.05, 3.63) is 17.5 Å². The van der Waals surface area contributed by atoms with Crippen LogP contribution in [-0.2, 0) is 18.4 Å². The molecule has 4 heteroatoms. The molecule has 2 heterocycles. The van der Waals surface area contributed by atoms with Crippen LogP contribution in [0.4, 0.5) is 0 Å². The Bertz CT molecular complexity index is 353. The van der Waals surface area contributed by atoms with Crippen LogP contribution in [0.5, 0.6) is 0 Å². The van der Waals surface area contributed by atoms with Gasteiger partial charge in [0.1, 0.15) is 0 Å². The lowest BCUT2D eigenvalue weighted by molar-refractivity contribution is -0.0592. The molecule has 0 amide bonds. The molecule has 1 aromatic rings. The quantitative estimate of drug-likeness (QED) is 0.841. The van der Waals surface area contributed by atoms with Gasteiger partial charge in [0.15, 0.2) is 0 Å². The molecule has 1 saturated heterocycles. The predicted octanol–water partition coefficient (Wildman–Crippen LogP) is 1.39. The summed E-state index contributed by atoms with van der Waals surface area (Å²) in [6.45, 7) is 6.90. The van der Waals surface area contributed by atoms with Crippen LogP contribution in [0.25, 0.3) is 0 Å². The van der Waals surface area contributed by atoms with Gasteiger partial charge in [-0.25, -0.2) is 0 Å². The molecule has 1 atom stereocenters. The van der Waals surface area contributed by atoms with Crippen molar-refractivity contribution in [1.82, 2.24) is 15.1 Å². The molecule has 0 radical (unpaired) electrons. The lowest BCUT2D eigenvalue weighted by Crippen LogP contribution is -2.45. The van der Waals surface area contributed by atoms with Gasteiger partial charge in [-0.3, -0.25) is 4.68 Å².